The predicted molar refractivity (Wildman–Crippen MR) is 81.3 cm³/mol. The van der Waals surface area contributed by atoms with Crippen LogP contribution in [0.3, 0.4) is 0 Å². The SMILES string of the molecule is COCCOCCCNC(C)c1ccc(OCC#N)cc1. The minimum atomic E-state index is 0.0796. The van der Waals surface area contributed by atoms with Gasteiger partial charge in [-0.15, -0.1) is 0 Å². The fourth-order valence-electron chi connectivity index (χ4n) is 1.82. The van der Waals surface area contributed by atoms with Crippen LogP contribution in [-0.4, -0.2) is 40.1 Å². The van der Waals surface area contributed by atoms with Crippen LogP contribution in [0, 0.1) is 11.3 Å². The zero-order valence-electron chi connectivity index (χ0n) is 12.8. The minimum absolute atomic E-state index is 0.0796. The van der Waals surface area contributed by atoms with Gasteiger partial charge in [-0.2, -0.15) is 5.26 Å². The highest BCUT2D eigenvalue weighted by atomic mass is 16.5. The Kier molecular flexibility index (Phi) is 9.21. The van der Waals surface area contributed by atoms with Gasteiger partial charge in [-0.1, -0.05) is 12.1 Å². The summed E-state index contributed by atoms with van der Waals surface area (Å²) in [5.74, 6) is 0.721. The number of hydrogen-bond donors (Lipinski definition) is 1. The molecule has 0 fully saturated rings. The Hall–Kier alpha value is -1.61. The quantitative estimate of drug-likeness (QED) is 0.634. The Morgan fingerprint density at radius 1 is 1.19 bits per heavy atom. The van der Waals surface area contributed by atoms with E-state index in [-0.39, 0.29) is 12.6 Å². The lowest BCUT2D eigenvalue weighted by Crippen LogP contribution is -2.21. The molecule has 0 amide bonds. The molecule has 0 radical (unpaired) electrons. The summed E-state index contributed by atoms with van der Waals surface area (Å²) in [5, 5.41) is 11.9. The molecule has 1 N–H and O–H groups in total. The van der Waals surface area contributed by atoms with Gasteiger partial charge in [0.25, 0.3) is 0 Å². The molecule has 0 aliphatic heterocycles. The fraction of sp³-hybridized carbons (Fsp3) is 0.562. The molecule has 0 aliphatic carbocycles. The van der Waals surface area contributed by atoms with Crippen molar-refractivity contribution in [2.45, 2.75) is 19.4 Å². The molecule has 5 nitrogen and oxygen atoms in total. The third kappa shape index (κ3) is 7.66. The van der Waals surface area contributed by atoms with Crippen molar-refractivity contribution >= 4 is 0 Å². The van der Waals surface area contributed by atoms with Crippen LogP contribution in [0.2, 0.25) is 0 Å². The van der Waals surface area contributed by atoms with Gasteiger partial charge in [-0.05, 0) is 37.6 Å². The van der Waals surface area contributed by atoms with E-state index in [0.717, 1.165) is 25.3 Å². The van der Waals surface area contributed by atoms with Crippen LogP contribution in [-0.2, 0) is 9.47 Å². The number of rotatable bonds is 11. The molecule has 1 atom stereocenters. The lowest BCUT2D eigenvalue weighted by molar-refractivity contribution is 0.0693. The van der Waals surface area contributed by atoms with Crippen molar-refractivity contribution in [1.82, 2.24) is 5.32 Å². The third-order valence-corrected chi connectivity index (χ3v) is 3.03. The van der Waals surface area contributed by atoms with E-state index in [0.29, 0.717) is 13.2 Å². The Bertz CT molecular complexity index is 415. The molecule has 0 saturated carbocycles. The molecule has 5 heteroatoms. The number of nitriles is 1. The van der Waals surface area contributed by atoms with Gasteiger partial charge in [-0.3, -0.25) is 0 Å². The summed E-state index contributed by atoms with van der Waals surface area (Å²) in [6.07, 6.45) is 0.970. The maximum atomic E-state index is 8.46. The molecule has 0 heterocycles. The van der Waals surface area contributed by atoms with Gasteiger partial charge in [0.1, 0.15) is 11.8 Å². The summed E-state index contributed by atoms with van der Waals surface area (Å²) < 4.78 is 15.5. The topological polar surface area (TPSA) is 63.5 Å². The van der Waals surface area contributed by atoms with Crippen LogP contribution in [0.1, 0.15) is 24.9 Å². The minimum Gasteiger partial charge on any atom is -0.479 e. The van der Waals surface area contributed by atoms with Crippen LogP contribution in [0.15, 0.2) is 24.3 Å². The molecule has 0 bridgehead atoms. The largest absolute Gasteiger partial charge is 0.479 e. The molecule has 1 rings (SSSR count). The van der Waals surface area contributed by atoms with Gasteiger partial charge in [0.2, 0.25) is 0 Å². The smallest absolute Gasteiger partial charge is 0.174 e. The number of benzene rings is 1. The number of nitrogens with one attached hydrogen (secondary N) is 1. The normalized spacial score (nSPS) is 11.9. The summed E-state index contributed by atoms with van der Waals surface area (Å²) >= 11 is 0. The Labute approximate surface area is 126 Å². The number of ether oxygens (including phenoxy) is 3. The molecule has 0 aromatic heterocycles. The average molecular weight is 292 g/mol. The number of hydrogen-bond acceptors (Lipinski definition) is 5. The second-order valence-corrected chi connectivity index (χ2v) is 4.65. The van der Waals surface area contributed by atoms with E-state index in [9.17, 15) is 0 Å². The van der Waals surface area contributed by atoms with E-state index in [1.165, 1.54) is 5.56 Å². The lowest BCUT2D eigenvalue weighted by atomic mass is 10.1. The van der Waals surface area contributed by atoms with Crippen molar-refractivity contribution in [3.05, 3.63) is 29.8 Å². The van der Waals surface area contributed by atoms with E-state index < -0.39 is 0 Å². The zero-order valence-corrected chi connectivity index (χ0v) is 12.8. The Balaban J connectivity index is 2.19. The standard InChI is InChI=1S/C16H24N2O3/c1-14(18-9-3-10-20-13-12-19-2)15-4-6-16(7-5-15)21-11-8-17/h4-7,14,18H,3,9-13H2,1-2H3. The molecule has 1 aromatic carbocycles. The molecule has 0 spiro atoms. The highest BCUT2D eigenvalue weighted by molar-refractivity contribution is 5.29. The first kappa shape index (κ1) is 17.4. The van der Waals surface area contributed by atoms with Gasteiger partial charge in [-0.25, -0.2) is 0 Å². The van der Waals surface area contributed by atoms with E-state index in [4.69, 9.17) is 19.5 Å². The summed E-state index contributed by atoms with van der Waals surface area (Å²) in [6, 6.07) is 10.0. The van der Waals surface area contributed by atoms with E-state index in [2.05, 4.69) is 12.2 Å². The maximum Gasteiger partial charge on any atom is 0.174 e. The van der Waals surface area contributed by atoms with Gasteiger partial charge < -0.3 is 19.5 Å². The predicted octanol–water partition coefficient (Wildman–Crippen LogP) is 2.29. The van der Waals surface area contributed by atoms with Crippen molar-refractivity contribution < 1.29 is 14.2 Å². The maximum absolute atomic E-state index is 8.46. The molecular formula is C16H24N2O3. The summed E-state index contributed by atoms with van der Waals surface area (Å²) in [4.78, 5) is 0. The monoisotopic (exact) mass is 292 g/mol. The van der Waals surface area contributed by atoms with Gasteiger partial charge in [0.15, 0.2) is 6.61 Å². The molecule has 0 saturated heterocycles. The van der Waals surface area contributed by atoms with Crippen molar-refractivity contribution in [1.29, 1.82) is 5.26 Å². The van der Waals surface area contributed by atoms with Crippen LogP contribution in [0.25, 0.3) is 0 Å². The van der Waals surface area contributed by atoms with Crippen LogP contribution in [0.4, 0.5) is 0 Å². The van der Waals surface area contributed by atoms with Crippen molar-refractivity contribution in [3.8, 4) is 11.8 Å². The number of nitrogens with zero attached hydrogens (tertiary/aromatic N) is 1. The molecule has 21 heavy (non-hydrogen) atoms. The molecule has 1 aromatic rings. The van der Waals surface area contributed by atoms with Crippen molar-refractivity contribution in [2.75, 3.05) is 40.1 Å². The molecule has 0 aliphatic rings. The highest BCUT2D eigenvalue weighted by Gasteiger charge is 2.04. The molecule has 1 unspecified atom stereocenters. The van der Waals surface area contributed by atoms with Crippen molar-refractivity contribution in [2.24, 2.45) is 0 Å². The second-order valence-electron chi connectivity index (χ2n) is 4.65. The highest BCUT2D eigenvalue weighted by Crippen LogP contribution is 2.17. The van der Waals surface area contributed by atoms with E-state index in [1.54, 1.807) is 7.11 Å². The Morgan fingerprint density at radius 2 is 1.95 bits per heavy atom. The van der Waals surface area contributed by atoms with E-state index in [1.807, 2.05) is 30.3 Å². The Morgan fingerprint density at radius 3 is 2.62 bits per heavy atom. The van der Waals surface area contributed by atoms with Crippen molar-refractivity contribution in [3.63, 3.8) is 0 Å². The fourth-order valence-corrected chi connectivity index (χ4v) is 1.82. The van der Waals surface area contributed by atoms with Crippen LogP contribution < -0.4 is 10.1 Å². The first-order valence-corrected chi connectivity index (χ1v) is 7.17. The zero-order chi connectivity index (χ0) is 15.3. The number of methoxy groups -OCH3 is 1. The van der Waals surface area contributed by atoms with E-state index >= 15 is 0 Å². The van der Waals surface area contributed by atoms with Gasteiger partial charge >= 0.3 is 0 Å². The second kappa shape index (κ2) is 11.1. The first-order valence-electron chi connectivity index (χ1n) is 7.17. The third-order valence-electron chi connectivity index (χ3n) is 3.03. The van der Waals surface area contributed by atoms with Gasteiger partial charge in [0, 0.05) is 19.8 Å². The van der Waals surface area contributed by atoms with Crippen LogP contribution >= 0.6 is 0 Å². The lowest BCUT2D eigenvalue weighted by Gasteiger charge is -2.14. The average Bonchev–Trinajstić information content (AvgIpc) is 2.52. The summed E-state index contributed by atoms with van der Waals surface area (Å²) in [5.41, 5.74) is 1.19. The molecular weight excluding hydrogens is 268 g/mol. The first-order chi connectivity index (χ1) is 10.3. The van der Waals surface area contributed by atoms with Crippen LogP contribution in [0.5, 0.6) is 5.75 Å². The summed E-state index contributed by atoms with van der Waals surface area (Å²) in [6.45, 7) is 5.14. The summed E-state index contributed by atoms with van der Waals surface area (Å²) in [7, 11) is 1.67. The van der Waals surface area contributed by atoms with Gasteiger partial charge in [0.05, 0.1) is 13.2 Å². The molecule has 116 valence electrons.